The van der Waals surface area contributed by atoms with Gasteiger partial charge in [-0.2, -0.15) is 0 Å². The number of nitrogens with zero attached hydrogens (tertiary/aromatic N) is 2. The molecule has 146 valence electrons. The van der Waals surface area contributed by atoms with Gasteiger partial charge in [0.15, 0.2) is 0 Å². The van der Waals surface area contributed by atoms with Gasteiger partial charge in [0.2, 0.25) is 0 Å². The van der Waals surface area contributed by atoms with Crippen LogP contribution in [0.5, 0.6) is 0 Å². The van der Waals surface area contributed by atoms with E-state index in [0.29, 0.717) is 28.6 Å². The molecule has 0 radical (unpaired) electrons. The number of rotatable bonds is 1. The van der Waals surface area contributed by atoms with E-state index in [2.05, 4.69) is 15.6 Å². The first-order valence-corrected chi connectivity index (χ1v) is 9.56. The molecule has 4 N–H and O–H groups in total. The maximum absolute atomic E-state index is 13.6. The van der Waals surface area contributed by atoms with Crippen molar-refractivity contribution in [1.82, 2.24) is 14.9 Å². The van der Waals surface area contributed by atoms with Crippen LogP contribution in [0.4, 0.5) is 17.2 Å². The molecular formula is C21H18ClN5O2. The molecule has 0 spiro atoms. The maximum Gasteiger partial charge on any atom is 0.277 e. The molecule has 0 saturated carbocycles. The fraction of sp³-hybridized carbons (Fsp3) is 0.190. The van der Waals surface area contributed by atoms with Crippen LogP contribution >= 0.6 is 11.6 Å². The summed E-state index contributed by atoms with van der Waals surface area (Å²) in [7, 11) is 0. The highest BCUT2D eigenvalue weighted by Gasteiger charge is 2.44. The van der Waals surface area contributed by atoms with Crippen LogP contribution in [0.15, 0.2) is 41.3 Å². The predicted octanol–water partition coefficient (Wildman–Crippen LogP) is 2.90. The van der Waals surface area contributed by atoms with Crippen molar-refractivity contribution in [3.8, 4) is 0 Å². The van der Waals surface area contributed by atoms with Gasteiger partial charge in [-0.1, -0.05) is 23.7 Å². The lowest BCUT2D eigenvalue weighted by Gasteiger charge is -2.30. The first-order valence-electron chi connectivity index (χ1n) is 9.18. The highest BCUT2D eigenvalue weighted by atomic mass is 35.5. The van der Waals surface area contributed by atoms with Crippen LogP contribution in [0.25, 0.3) is 0 Å². The van der Waals surface area contributed by atoms with Gasteiger partial charge in [-0.15, -0.1) is 0 Å². The lowest BCUT2D eigenvalue weighted by atomic mass is 9.94. The van der Waals surface area contributed by atoms with Crippen LogP contribution < -0.4 is 21.9 Å². The van der Waals surface area contributed by atoms with Gasteiger partial charge >= 0.3 is 0 Å². The van der Waals surface area contributed by atoms with Crippen molar-refractivity contribution in [3.63, 3.8) is 0 Å². The van der Waals surface area contributed by atoms with Gasteiger partial charge in [0.1, 0.15) is 22.9 Å². The number of nitrogens with one attached hydrogen (secondary N) is 2. The molecule has 2 aliphatic rings. The number of aromatic nitrogens is 2. The number of hydrogen-bond acceptors (Lipinski definition) is 5. The molecule has 8 heteroatoms. The van der Waals surface area contributed by atoms with Gasteiger partial charge in [-0.25, -0.2) is 4.98 Å². The number of anilines is 3. The van der Waals surface area contributed by atoms with E-state index < -0.39 is 5.66 Å². The average Bonchev–Trinajstić information content (AvgIpc) is 2.97. The number of nitrogens with two attached hydrogens (primary N) is 1. The second-order valence-electron chi connectivity index (χ2n) is 7.57. The molecule has 5 rings (SSSR count). The quantitative estimate of drug-likeness (QED) is 0.450. The van der Waals surface area contributed by atoms with E-state index in [4.69, 9.17) is 17.3 Å². The molecule has 7 nitrogen and oxygen atoms in total. The number of pyridine rings is 2. The first-order chi connectivity index (χ1) is 13.8. The van der Waals surface area contributed by atoms with E-state index in [-0.39, 0.29) is 11.5 Å². The Morgan fingerprint density at radius 1 is 1.28 bits per heavy atom. The van der Waals surface area contributed by atoms with Crippen LogP contribution in [0.3, 0.4) is 0 Å². The van der Waals surface area contributed by atoms with E-state index in [1.54, 1.807) is 37.4 Å². The van der Waals surface area contributed by atoms with Crippen LogP contribution in [0, 0.1) is 6.92 Å². The summed E-state index contributed by atoms with van der Waals surface area (Å²) < 4.78 is 1.53. The van der Waals surface area contributed by atoms with Crippen molar-refractivity contribution >= 4 is 34.7 Å². The van der Waals surface area contributed by atoms with Gasteiger partial charge in [0, 0.05) is 29.4 Å². The number of carbonyl (C=O) groups is 1. The summed E-state index contributed by atoms with van der Waals surface area (Å²) in [6.07, 6.45) is 2.20. The molecule has 4 heterocycles. The topological polar surface area (TPSA) is 102 Å². The molecule has 2 aliphatic heterocycles. The van der Waals surface area contributed by atoms with Crippen molar-refractivity contribution in [2.24, 2.45) is 0 Å². The number of fused-ring (bicyclic) bond motifs is 3. The van der Waals surface area contributed by atoms with Crippen molar-refractivity contribution in [1.29, 1.82) is 0 Å². The maximum atomic E-state index is 13.6. The van der Waals surface area contributed by atoms with Crippen LogP contribution in [-0.2, 0) is 12.1 Å². The van der Waals surface area contributed by atoms with Gasteiger partial charge in [0.25, 0.3) is 11.5 Å². The van der Waals surface area contributed by atoms with Crippen molar-refractivity contribution in [2.75, 3.05) is 11.1 Å². The fourth-order valence-electron chi connectivity index (χ4n) is 4.30. The molecule has 0 aliphatic carbocycles. The summed E-state index contributed by atoms with van der Waals surface area (Å²) >= 11 is 6.18. The fourth-order valence-corrected chi connectivity index (χ4v) is 4.49. The number of nitrogen functional groups attached to an aromatic ring is 1. The van der Waals surface area contributed by atoms with E-state index in [1.165, 1.54) is 4.57 Å². The van der Waals surface area contributed by atoms with Crippen molar-refractivity contribution in [2.45, 2.75) is 25.9 Å². The van der Waals surface area contributed by atoms with E-state index in [0.717, 1.165) is 27.9 Å². The Balaban J connectivity index is 1.77. The Bertz CT molecular complexity index is 1280. The second kappa shape index (κ2) is 5.84. The van der Waals surface area contributed by atoms with E-state index in [1.807, 2.05) is 13.0 Å². The highest BCUT2D eigenvalue weighted by Crippen LogP contribution is 2.38. The minimum Gasteiger partial charge on any atom is -0.384 e. The van der Waals surface area contributed by atoms with Gasteiger partial charge in [0.05, 0.1) is 0 Å². The largest absolute Gasteiger partial charge is 0.384 e. The monoisotopic (exact) mass is 407 g/mol. The molecule has 29 heavy (non-hydrogen) atoms. The molecule has 0 saturated heterocycles. The zero-order chi connectivity index (χ0) is 20.5. The molecule has 1 aromatic carbocycles. The van der Waals surface area contributed by atoms with E-state index in [9.17, 15) is 9.59 Å². The smallest absolute Gasteiger partial charge is 0.277 e. The zero-order valence-corrected chi connectivity index (χ0v) is 16.6. The SMILES string of the molecule is Cc1c2c(c(=O)n3c1C(=O)NC3(C)c1cccc(Cl)c1)Nc1cc(N)ncc1C2. The minimum absolute atomic E-state index is 0.276. The first kappa shape index (κ1) is 17.8. The Morgan fingerprint density at radius 3 is 2.83 bits per heavy atom. The summed E-state index contributed by atoms with van der Waals surface area (Å²) in [6, 6.07) is 8.87. The lowest BCUT2D eigenvalue weighted by molar-refractivity contribution is 0.0941. The van der Waals surface area contributed by atoms with E-state index >= 15 is 0 Å². The normalized spacial score (nSPS) is 19.1. The van der Waals surface area contributed by atoms with Crippen LogP contribution in [0.1, 0.15) is 39.7 Å². The number of carbonyl (C=O) groups excluding carboxylic acids is 1. The summed E-state index contributed by atoms with van der Waals surface area (Å²) in [5.41, 5.74) is 9.27. The second-order valence-corrected chi connectivity index (χ2v) is 8.01. The summed E-state index contributed by atoms with van der Waals surface area (Å²) in [5.74, 6) is 0.0874. The third-order valence-corrected chi connectivity index (χ3v) is 6.03. The Labute approximate surface area is 171 Å². The molecule has 0 fully saturated rings. The third kappa shape index (κ3) is 2.40. The standard InChI is InChI=1S/C21H18ClN5O2/c1-10-14-6-11-9-24-16(23)8-15(11)25-17(14)20(29)27-18(10)19(28)26-21(27,2)12-4-3-5-13(22)7-12/h3-5,7-9,25H,6H2,1-2H3,(H2,23,24)(H,26,28). The Kier molecular flexibility index (Phi) is 3.58. The van der Waals surface area contributed by atoms with Gasteiger partial charge < -0.3 is 16.4 Å². The van der Waals surface area contributed by atoms with Gasteiger partial charge in [-0.3, -0.25) is 14.2 Å². The molecule has 0 bridgehead atoms. The Morgan fingerprint density at radius 2 is 2.07 bits per heavy atom. The number of hydrogen-bond donors (Lipinski definition) is 3. The van der Waals surface area contributed by atoms with Gasteiger partial charge in [-0.05, 0) is 48.2 Å². The highest BCUT2D eigenvalue weighted by molar-refractivity contribution is 6.30. The number of benzene rings is 1. The number of amides is 1. The summed E-state index contributed by atoms with van der Waals surface area (Å²) in [5, 5.41) is 6.73. The lowest BCUT2D eigenvalue weighted by Crippen LogP contribution is -2.46. The zero-order valence-electron chi connectivity index (χ0n) is 15.8. The van der Waals surface area contributed by atoms with Crippen molar-refractivity contribution < 1.29 is 4.79 Å². The van der Waals surface area contributed by atoms with Crippen LogP contribution in [0.2, 0.25) is 5.02 Å². The molecule has 1 amide bonds. The average molecular weight is 408 g/mol. The van der Waals surface area contributed by atoms with Crippen molar-refractivity contribution in [3.05, 3.63) is 79.9 Å². The number of halogens is 1. The molecular weight excluding hydrogens is 390 g/mol. The van der Waals surface area contributed by atoms with Crippen LogP contribution in [-0.4, -0.2) is 15.5 Å². The third-order valence-electron chi connectivity index (χ3n) is 5.79. The summed E-state index contributed by atoms with van der Waals surface area (Å²) in [6.45, 7) is 3.67. The molecule has 2 aromatic heterocycles. The molecule has 3 aromatic rings. The minimum atomic E-state index is -1.05. The summed E-state index contributed by atoms with van der Waals surface area (Å²) in [4.78, 5) is 30.7. The molecule has 1 atom stereocenters. The Hall–Kier alpha value is -3.32. The predicted molar refractivity (Wildman–Crippen MR) is 112 cm³/mol. The molecule has 1 unspecified atom stereocenters.